The van der Waals surface area contributed by atoms with E-state index in [9.17, 15) is 0 Å². The second kappa shape index (κ2) is 12.3. The Hall–Kier alpha value is -7.34. The fraction of sp³-hybridized carbons (Fsp3) is 0. The predicted octanol–water partition coefficient (Wildman–Crippen LogP) is 10.2. The number of aromatic nitrogens is 3. The van der Waals surface area contributed by atoms with Crippen molar-refractivity contribution in [2.75, 3.05) is 0 Å². The standard InChI is InChI=1S/C52H33N3OSi/c1-4-18-34(19-5-1)51-53-50(49-40-27-13-17-31-48(40)57(52(49)54-51,35-20-6-2-7-21-35)36-22-8-3-9-23-36)39-26-11-15-29-44(39)55-43-28-14-10-24-37(43)41-32-42-38-25-12-16-30-46(38)56-47(42)33-45(41)55/h1-33H. The molecule has 266 valence electrons. The Kier molecular flexibility index (Phi) is 6.91. The summed E-state index contributed by atoms with van der Waals surface area (Å²) in [4.78, 5) is 11.3. The second-order valence-corrected chi connectivity index (χ2v) is 18.5. The highest BCUT2D eigenvalue weighted by molar-refractivity contribution is 7.21. The summed E-state index contributed by atoms with van der Waals surface area (Å²) in [7, 11) is -2.94. The van der Waals surface area contributed by atoms with Crippen LogP contribution >= 0.6 is 0 Å². The summed E-state index contributed by atoms with van der Waals surface area (Å²) in [6.45, 7) is 0. The smallest absolute Gasteiger partial charge is 0.203 e. The lowest BCUT2D eigenvalue weighted by Crippen LogP contribution is -2.73. The number of benzene rings is 8. The summed E-state index contributed by atoms with van der Waals surface area (Å²) in [6.07, 6.45) is 0. The van der Waals surface area contributed by atoms with Crippen molar-refractivity contribution in [1.82, 2.24) is 14.5 Å². The van der Waals surface area contributed by atoms with Crippen LogP contribution in [0.25, 0.3) is 83.2 Å². The van der Waals surface area contributed by atoms with E-state index in [4.69, 9.17) is 14.4 Å². The Morgan fingerprint density at radius 1 is 0.439 bits per heavy atom. The first kappa shape index (κ1) is 32.0. The molecular weight excluding hydrogens is 711 g/mol. The molecule has 5 heteroatoms. The minimum absolute atomic E-state index is 0.724. The second-order valence-electron chi connectivity index (χ2n) is 14.8. The van der Waals surface area contributed by atoms with Gasteiger partial charge in [0.1, 0.15) is 11.2 Å². The molecule has 0 saturated heterocycles. The van der Waals surface area contributed by atoms with Crippen molar-refractivity contribution in [3.8, 4) is 39.5 Å². The number of para-hydroxylation sites is 3. The zero-order valence-corrected chi connectivity index (χ0v) is 31.8. The molecule has 0 atom stereocenters. The number of hydrogen-bond acceptors (Lipinski definition) is 3. The quantitative estimate of drug-likeness (QED) is 0.165. The van der Waals surface area contributed by atoms with Crippen molar-refractivity contribution in [2.45, 2.75) is 0 Å². The van der Waals surface area contributed by atoms with Gasteiger partial charge in [0.2, 0.25) is 8.07 Å². The zero-order valence-electron chi connectivity index (χ0n) is 30.8. The molecule has 0 N–H and O–H groups in total. The highest BCUT2D eigenvalue weighted by Crippen LogP contribution is 2.43. The highest BCUT2D eigenvalue weighted by Gasteiger charge is 2.51. The van der Waals surface area contributed by atoms with E-state index < -0.39 is 8.07 Å². The molecule has 0 fully saturated rings. The first-order valence-corrected chi connectivity index (χ1v) is 21.4. The third-order valence-corrected chi connectivity index (χ3v) is 16.6. The molecule has 57 heavy (non-hydrogen) atoms. The Labute approximate surface area is 330 Å². The molecule has 1 aliphatic rings. The zero-order chi connectivity index (χ0) is 37.5. The minimum atomic E-state index is -2.94. The third kappa shape index (κ3) is 4.55. The monoisotopic (exact) mass is 743 g/mol. The van der Waals surface area contributed by atoms with Gasteiger partial charge in [-0.3, -0.25) is 0 Å². The maximum absolute atomic E-state index is 6.50. The molecule has 0 bridgehead atoms. The number of fused-ring (bicyclic) bond motifs is 9. The van der Waals surface area contributed by atoms with E-state index in [2.05, 4.69) is 193 Å². The highest BCUT2D eigenvalue weighted by atomic mass is 28.3. The first-order chi connectivity index (χ1) is 28.3. The molecule has 1 aliphatic heterocycles. The van der Waals surface area contributed by atoms with Gasteiger partial charge >= 0.3 is 0 Å². The summed E-state index contributed by atoms with van der Waals surface area (Å²) in [5.74, 6) is 0.724. The molecule has 3 aromatic heterocycles. The van der Waals surface area contributed by atoms with Crippen molar-refractivity contribution in [3.63, 3.8) is 0 Å². The molecule has 0 amide bonds. The Morgan fingerprint density at radius 2 is 1.05 bits per heavy atom. The van der Waals surface area contributed by atoms with E-state index >= 15 is 0 Å². The average Bonchev–Trinajstić information content (AvgIpc) is 3.92. The van der Waals surface area contributed by atoms with Gasteiger partial charge in [0.15, 0.2) is 5.82 Å². The van der Waals surface area contributed by atoms with Gasteiger partial charge in [-0.25, -0.2) is 9.97 Å². The van der Waals surface area contributed by atoms with Crippen molar-refractivity contribution >= 4 is 72.7 Å². The van der Waals surface area contributed by atoms with E-state index in [-0.39, 0.29) is 0 Å². The Morgan fingerprint density at radius 3 is 1.82 bits per heavy atom. The molecule has 0 unspecified atom stereocenters. The van der Waals surface area contributed by atoms with E-state index in [1.54, 1.807) is 0 Å². The molecular formula is C52H33N3OSi. The van der Waals surface area contributed by atoms with Crippen LogP contribution in [0.5, 0.6) is 0 Å². The van der Waals surface area contributed by atoms with Crippen molar-refractivity contribution < 1.29 is 4.42 Å². The summed E-state index contributed by atoms with van der Waals surface area (Å²) in [5.41, 5.74) is 10.3. The van der Waals surface area contributed by atoms with Gasteiger partial charge in [0, 0.05) is 44.3 Å². The Balaban J connectivity index is 1.22. The van der Waals surface area contributed by atoms with Gasteiger partial charge in [-0.2, -0.15) is 0 Å². The van der Waals surface area contributed by atoms with E-state index in [0.717, 1.165) is 72.2 Å². The molecule has 0 spiro atoms. The van der Waals surface area contributed by atoms with Crippen LogP contribution in [-0.2, 0) is 0 Å². The number of furan rings is 1. The Bertz CT molecular complexity index is 3310. The van der Waals surface area contributed by atoms with Crippen LogP contribution < -0.4 is 20.9 Å². The van der Waals surface area contributed by atoms with Crippen molar-refractivity contribution in [3.05, 3.63) is 200 Å². The normalized spacial score (nSPS) is 13.1. The average molecular weight is 744 g/mol. The van der Waals surface area contributed by atoms with E-state index in [1.807, 2.05) is 12.1 Å². The molecule has 4 nitrogen and oxygen atoms in total. The van der Waals surface area contributed by atoms with E-state index in [1.165, 1.54) is 31.9 Å². The molecule has 11 aromatic rings. The van der Waals surface area contributed by atoms with Crippen LogP contribution in [0.1, 0.15) is 0 Å². The van der Waals surface area contributed by atoms with Gasteiger partial charge in [-0.05, 0) is 45.4 Å². The molecule has 8 aromatic carbocycles. The number of hydrogen-bond donors (Lipinski definition) is 0. The molecule has 0 aliphatic carbocycles. The summed E-state index contributed by atoms with van der Waals surface area (Å²) in [6, 6.07) is 71.9. The number of rotatable bonds is 5. The SMILES string of the molecule is c1ccc(-c2nc(-c3ccccc3-n3c4ccccc4c4cc5c(cc43)oc3ccccc35)c3c(n2)[Si](c2ccccc2)(c2ccccc2)c2ccccc2-3)cc1. The van der Waals surface area contributed by atoms with Crippen LogP contribution in [0, 0.1) is 0 Å². The summed E-state index contributed by atoms with van der Waals surface area (Å²) >= 11 is 0. The van der Waals surface area contributed by atoms with Crippen LogP contribution in [0.15, 0.2) is 205 Å². The van der Waals surface area contributed by atoms with Crippen LogP contribution in [-0.4, -0.2) is 22.6 Å². The fourth-order valence-electron chi connectivity index (χ4n) is 9.50. The van der Waals surface area contributed by atoms with Gasteiger partial charge in [0.05, 0.1) is 27.7 Å². The lowest BCUT2D eigenvalue weighted by Gasteiger charge is -2.30. The van der Waals surface area contributed by atoms with Crippen molar-refractivity contribution in [1.29, 1.82) is 0 Å². The third-order valence-electron chi connectivity index (χ3n) is 11.9. The van der Waals surface area contributed by atoms with E-state index in [0.29, 0.717) is 0 Å². The minimum Gasteiger partial charge on any atom is -0.456 e. The van der Waals surface area contributed by atoms with Gasteiger partial charge in [-0.1, -0.05) is 170 Å². The molecule has 0 radical (unpaired) electrons. The van der Waals surface area contributed by atoms with Crippen LogP contribution in [0.4, 0.5) is 0 Å². The lowest BCUT2D eigenvalue weighted by molar-refractivity contribution is 0.669. The summed E-state index contributed by atoms with van der Waals surface area (Å²) < 4.78 is 8.91. The summed E-state index contributed by atoms with van der Waals surface area (Å²) in [5, 5.41) is 9.67. The van der Waals surface area contributed by atoms with Crippen LogP contribution in [0.2, 0.25) is 0 Å². The van der Waals surface area contributed by atoms with Gasteiger partial charge < -0.3 is 8.98 Å². The number of nitrogens with zero attached hydrogens (tertiary/aromatic N) is 3. The maximum Gasteiger partial charge on any atom is 0.203 e. The first-order valence-electron chi connectivity index (χ1n) is 19.4. The van der Waals surface area contributed by atoms with Gasteiger partial charge in [0.25, 0.3) is 0 Å². The largest absolute Gasteiger partial charge is 0.456 e. The van der Waals surface area contributed by atoms with Crippen molar-refractivity contribution in [2.24, 2.45) is 0 Å². The fourth-order valence-corrected chi connectivity index (χ4v) is 14.5. The predicted molar refractivity (Wildman–Crippen MR) is 237 cm³/mol. The maximum atomic E-state index is 6.50. The topological polar surface area (TPSA) is 43.9 Å². The molecule has 4 heterocycles. The lowest BCUT2D eigenvalue weighted by atomic mass is 9.99. The molecule has 0 saturated carbocycles. The van der Waals surface area contributed by atoms with Crippen LogP contribution in [0.3, 0.4) is 0 Å². The molecule has 12 rings (SSSR count). The van der Waals surface area contributed by atoms with Gasteiger partial charge in [-0.15, -0.1) is 0 Å².